The Morgan fingerprint density at radius 1 is 1.40 bits per heavy atom. The van der Waals surface area contributed by atoms with Crippen LogP contribution in [0.1, 0.15) is 19.4 Å². The third-order valence-corrected chi connectivity index (χ3v) is 3.12. The van der Waals surface area contributed by atoms with Gasteiger partial charge in [0, 0.05) is 6.42 Å². The molecule has 1 aliphatic rings. The average Bonchev–Trinajstić information content (AvgIpc) is 2.31. The number of carboxylic acid groups (broad SMARTS) is 1. The highest BCUT2D eigenvalue weighted by molar-refractivity contribution is 5.83. The van der Waals surface area contributed by atoms with Gasteiger partial charge < -0.3 is 9.84 Å². The average molecular weight is 285 g/mol. The van der Waals surface area contributed by atoms with Crippen LogP contribution in [0.15, 0.2) is 18.2 Å². The zero-order valence-electron chi connectivity index (χ0n) is 10.9. The van der Waals surface area contributed by atoms with Gasteiger partial charge in [0.05, 0.1) is 0 Å². The number of carbonyl (C=O) groups is 2. The quantitative estimate of drug-likeness (QED) is 0.920. The summed E-state index contributed by atoms with van der Waals surface area (Å²) in [5, 5.41) is 9.23. The molecule has 7 heteroatoms. The largest absolute Gasteiger partial charge is 0.480 e. The number of carbonyl (C=O) groups excluding carboxylic acids is 1. The molecule has 0 aromatic heterocycles. The lowest BCUT2D eigenvalue weighted by molar-refractivity contribution is -0.191. The second kappa shape index (κ2) is 4.73. The molecule has 0 saturated carbocycles. The van der Waals surface area contributed by atoms with Crippen molar-refractivity contribution in [2.75, 3.05) is 0 Å². The lowest BCUT2D eigenvalue weighted by atomic mass is 10.0. The van der Waals surface area contributed by atoms with Crippen LogP contribution in [-0.4, -0.2) is 33.8 Å². The Morgan fingerprint density at radius 2 is 2.05 bits per heavy atom. The molecular weight excluding hydrogens is 272 g/mol. The number of ether oxygens (including phenoxy) is 1. The van der Waals surface area contributed by atoms with Gasteiger partial charge in [-0.3, -0.25) is 4.90 Å². The number of amides is 1. The molecule has 1 aliphatic heterocycles. The zero-order valence-corrected chi connectivity index (χ0v) is 10.9. The van der Waals surface area contributed by atoms with Crippen LogP contribution < -0.4 is 0 Å². The third-order valence-electron chi connectivity index (χ3n) is 3.12. The summed E-state index contributed by atoms with van der Waals surface area (Å²) in [6.07, 6.45) is -0.879. The first-order valence-corrected chi connectivity index (χ1v) is 5.91. The minimum absolute atomic E-state index is 0.134. The fourth-order valence-electron chi connectivity index (χ4n) is 2.17. The second-order valence-electron chi connectivity index (χ2n) is 4.99. The van der Waals surface area contributed by atoms with Crippen molar-refractivity contribution in [3.8, 4) is 0 Å². The Labute approximate surface area is 113 Å². The van der Waals surface area contributed by atoms with E-state index >= 15 is 0 Å². The van der Waals surface area contributed by atoms with Gasteiger partial charge in [0.2, 0.25) is 0 Å². The number of hydrogen-bond acceptors (Lipinski definition) is 3. The lowest BCUT2D eigenvalue weighted by Crippen LogP contribution is -2.67. The number of hydrogen-bond donors (Lipinski definition) is 1. The zero-order chi connectivity index (χ0) is 15.1. The fraction of sp³-hybridized carbons (Fsp3) is 0.385. The van der Waals surface area contributed by atoms with Crippen molar-refractivity contribution >= 4 is 12.1 Å². The number of nitrogens with zero attached hydrogens (tertiary/aromatic N) is 1. The van der Waals surface area contributed by atoms with Crippen molar-refractivity contribution in [3.05, 3.63) is 35.4 Å². The number of aliphatic carboxylic acids is 1. The molecule has 1 amide bonds. The van der Waals surface area contributed by atoms with E-state index in [-0.39, 0.29) is 12.0 Å². The lowest BCUT2D eigenvalue weighted by Gasteiger charge is -2.49. The van der Waals surface area contributed by atoms with Crippen LogP contribution in [0.5, 0.6) is 0 Å². The summed E-state index contributed by atoms with van der Waals surface area (Å²) in [4.78, 5) is 23.8. The molecule has 108 valence electrons. The summed E-state index contributed by atoms with van der Waals surface area (Å²) < 4.78 is 30.8. The van der Waals surface area contributed by atoms with Crippen molar-refractivity contribution in [3.63, 3.8) is 0 Å². The van der Waals surface area contributed by atoms with Crippen LogP contribution in [-0.2, 0) is 16.0 Å². The minimum Gasteiger partial charge on any atom is -0.480 e. The summed E-state index contributed by atoms with van der Waals surface area (Å²) in [6.45, 7) is 3.10. The maximum Gasteiger partial charge on any atom is 0.415 e. The first kappa shape index (κ1) is 14.2. The topological polar surface area (TPSA) is 66.8 Å². The maximum atomic E-state index is 13.1. The Morgan fingerprint density at radius 3 is 2.50 bits per heavy atom. The molecule has 1 aromatic rings. The van der Waals surface area contributed by atoms with Crippen LogP contribution >= 0.6 is 0 Å². The van der Waals surface area contributed by atoms with Crippen LogP contribution in [0, 0.1) is 11.6 Å². The highest BCUT2D eigenvalue weighted by Gasteiger charge is 2.52. The van der Waals surface area contributed by atoms with Gasteiger partial charge in [0.25, 0.3) is 0 Å². The molecule has 1 fully saturated rings. The van der Waals surface area contributed by atoms with Gasteiger partial charge in [-0.2, -0.15) is 0 Å². The minimum atomic E-state index is -1.24. The van der Waals surface area contributed by atoms with Crippen molar-refractivity contribution < 1.29 is 28.2 Å². The van der Waals surface area contributed by atoms with E-state index in [1.807, 2.05) is 0 Å². The molecule has 5 nitrogen and oxygen atoms in total. The summed E-state index contributed by atoms with van der Waals surface area (Å²) in [7, 11) is 0. The van der Waals surface area contributed by atoms with Gasteiger partial charge >= 0.3 is 12.1 Å². The number of benzene rings is 1. The van der Waals surface area contributed by atoms with Gasteiger partial charge in [0.15, 0.2) is 17.4 Å². The summed E-state index contributed by atoms with van der Waals surface area (Å²) in [5.41, 5.74) is -0.745. The van der Waals surface area contributed by atoms with Crippen molar-refractivity contribution in [2.45, 2.75) is 32.0 Å². The van der Waals surface area contributed by atoms with E-state index in [0.717, 1.165) is 17.0 Å². The molecule has 1 aromatic carbocycles. The van der Waals surface area contributed by atoms with E-state index in [9.17, 15) is 23.5 Å². The highest BCUT2D eigenvalue weighted by Crippen LogP contribution is 2.32. The summed E-state index contributed by atoms with van der Waals surface area (Å²) in [6, 6.07) is 1.93. The number of halogens is 2. The van der Waals surface area contributed by atoms with Crippen molar-refractivity contribution in [2.24, 2.45) is 0 Å². The fourth-order valence-corrected chi connectivity index (χ4v) is 2.17. The third kappa shape index (κ3) is 2.43. The maximum absolute atomic E-state index is 13.1. The van der Waals surface area contributed by atoms with Gasteiger partial charge in [-0.25, -0.2) is 18.4 Å². The molecule has 0 spiro atoms. The number of carboxylic acids is 1. The molecular formula is C13H13F2NO4. The highest BCUT2D eigenvalue weighted by atomic mass is 19.2. The Kier molecular flexibility index (Phi) is 3.37. The van der Waals surface area contributed by atoms with E-state index < -0.39 is 35.5 Å². The van der Waals surface area contributed by atoms with Gasteiger partial charge in [0.1, 0.15) is 6.04 Å². The monoisotopic (exact) mass is 285 g/mol. The molecule has 1 heterocycles. The second-order valence-corrected chi connectivity index (χ2v) is 4.99. The first-order chi connectivity index (χ1) is 9.22. The Balaban J connectivity index is 2.24. The smallest absolute Gasteiger partial charge is 0.415 e. The van der Waals surface area contributed by atoms with E-state index in [0.29, 0.717) is 0 Å². The van der Waals surface area contributed by atoms with E-state index in [2.05, 4.69) is 0 Å². The van der Waals surface area contributed by atoms with Crippen molar-refractivity contribution in [1.82, 2.24) is 4.90 Å². The molecule has 0 radical (unpaired) electrons. The number of rotatable bonds is 4. The predicted octanol–water partition coefficient (Wildman–Crippen LogP) is 2.15. The first-order valence-electron chi connectivity index (χ1n) is 5.91. The van der Waals surface area contributed by atoms with E-state index in [1.54, 1.807) is 13.8 Å². The van der Waals surface area contributed by atoms with Crippen molar-refractivity contribution in [1.29, 1.82) is 0 Å². The normalized spacial score (nSPS) is 18.2. The van der Waals surface area contributed by atoms with Crippen LogP contribution in [0.2, 0.25) is 0 Å². The summed E-state index contributed by atoms with van der Waals surface area (Å²) >= 11 is 0. The summed E-state index contributed by atoms with van der Waals surface area (Å²) in [5.74, 6) is -3.30. The molecule has 0 bridgehead atoms. The predicted molar refractivity (Wildman–Crippen MR) is 63.9 cm³/mol. The van der Waals surface area contributed by atoms with E-state index in [4.69, 9.17) is 4.74 Å². The standard InChI is InChI=1S/C13H13F2NO4/c1-13(2)16(12(19)20-13)10(11(17)18)6-7-3-4-8(14)9(15)5-7/h3-5,10H,6H2,1-2H3,(H,17,18)/t10-/m0/s1. The van der Waals surface area contributed by atoms with Crippen LogP contribution in [0.3, 0.4) is 0 Å². The Hall–Kier alpha value is -2.18. The molecule has 0 aliphatic carbocycles. The Bertz CT molecular complexity index is 573. The molecule has 0 unspecified atom stereocenters. The van der Waals surface area contributed by atoms with Gasteiger partial charge in [-0.1, -0.05) is 6.07 Å². The van der Waals surface area contributed by atoms with E-state index in [1.165, 1.54) is 6.07 Å². The molecule has 2 rings (SSSR count). The molecule has 1 saturated heterocycles. The molecule has 20 heavy (non-hydrogen) atoms. The number of cyclic esters (lactones) is 1. The van der Waals surface area contributed by atoms with Crippen LogP contribution in [0.4, 0.5) is 13.6 Å². The SMILES string of the molecule is CC1(C)OC(=O)N1[C@@H](Cc1ccc(F)c(F)c1)C(=O)O. The van der Waals surface area contributed by atoms with Gasteiger partial charge in [-0.15, -0.1) is 0 Å². The van der Waals surface area contributed by atoms with Crippen LogP contribution in [0.25, 0.3) is 0 Å². The molecule has 1 atom stereocenters. The molecule has 1 N–H and O–H groups in total. The van der Waals surface area contributed by atoms with Gasteiger partial charge in [-0.05, 0) is 31.5 Å².